The first kappa shape index (κ1) is 14.4. The monoisotopic (exact) mass is 307 g/mol. The standard InChI is InChI=1S/C15H17NO4S/c17-7-9-1-3-10(4-2-9)13(18)16-12(15(19)20)8-21-14(16)11-5-6-11/h1-4,11-12,14,17H,5-8H2,(H,19,20). The second-order valence-electron chi connectivity index (χ2n) is 5.48. The molecule has 1 amide bonds. The topological polar surface area (TPSA) is 77.8 Å². The molecule has 1 aromatic carbocycles. The minimum Gasteiger partial charge on any atom is -0.480 e. The molecule has 5 nitrogen and oxygen atoms in total. The van der Waals surface area contributed by atoms with Crippen molar-refractivity contribution in [3.05, 3.63) is 35.4 Å². The Kier molecular flexibility index (Phi) is 3.91. The molecule has 0 bridgehead atoms. The molecule has 1 aromatic rings. The summed E-state index contributed by atoms with van der Waals surface area (Å²) < 4.78 is 0. The molecule has 2 atom stereocenters. The van der Waals surface area contributed by atoms with Crippen LogP contribution in [0.5, 0.6) is 0 Å². The van der Waals surface area contributed by atoms with Crippen molar-refractivity contribution in [2.45, 2.75) is 30.9 Å². The molecule has 6 heteroatoms. The lowest BCUT2D eigenvalue weighted by molar-refractivity contribution is -0.141. The SMILES string of the molecule is O=C(O)C1CSC(C2CC2)N1C(=O)c1ccc(CO)cc1. The van der Waals surface area contributed by atoms with Crippen molar-refractivity contribution < 1.29 is 19.8 Å². The molecule has 1 aliphatic heterocycles. The molecule has 3 rings (SSSR count). The number of aliphatic hydroxyl groups excluding tert-OH is 1. The predicted molar refractivity (Wildman–Crippen MR) is 78.9 cm³/mol. The van der Waals surface area contributed by atoms with Crippen LogP contribution in [-0.2, 0) is 11.4 Å². The summed E-state index contributed by atoms with van der Waals surface area (Å²) in [5, 5.41) is 18.4. The molecule has 0 spiro atoms. The summed E-state index contributed by atoms with van der Waals surface area (Å²) in [6.45, 7) is -0.0729. The van der Waals surface area contributed by atoms with Crippen LogP contribution >= 0.6 is 11.8 Å². The van der Waals surface area contributed by atoms with Gasteiger partial charge in [-0.05, 0) is 36.5 Å². The van der Waals surface area contributed by atoms with Crippen molar-refractivity contribution in [3.63, 3.8) is 0 Å². The molecule has 0 radical (unpaired) electrons. The van der Waals surface area contributed by atoms with Gasteiger partial charge in [0.1, 0.15) is 6.04 Å². The Morgan fingerprint density at radius 3 is 2.43 bits per heavy atom. The summed E-state index contributed by atoms with van der Waals surface area (Å²) in [4.78, 5) is 25.6. The summed E-state index contributed by atoms with van der Waals surface area (Å²) >= 11 is 1.57. The molecule has 21 heavy (non-hydrogen) atoms. The van der Waals surface area contributed by atoms with Crippen LogP contribution in [0.1, 0.15) is 28.8 Å². The quantitative estimate of drug-likeness (QED) is 0.882. The van der Waals surface area contributed by atoms with E-state index < -0.39 is 12.0 Å². The Morgan fingerprint density at radius 1 is 1.24 bits per heavy atom. The van der Waals surface area contributed by atoms with E-state index in [1.54, 1.807) is 40.9 Å². The van der Waals surface area contributed by atoms with Crippen LogP contribution < -0.4 is 0 Å². The zero-order valence-corrected chi connectivity index (χ0v) is 12.3. The van der Waals surface area contributed by atoms with Gasteiger partial charge in [-0.15, -0.1) is 11.8 Å². The smallest absolute Gasteiger partial charge is 0.327 e. The highest BCUT2D eigenvalue weighted by atomic mass is 32.2. The van der Waals surface area contributed by atoms with Gasteiger partial charge in [-0.1, -0.05) is 12.1 Å². The number of aliphatic hydroxyl groups is 1. The third-order valence-electron chi connectivity index (χ3n) is 3.96. The van der Waals surface area contributed by atoms with Crippen molar-refractivity contribution in [2.24, 2.45) is 5.92 Å². The molecule has 2 fully saturated rings. The van der Waals surface area contributed by atoms with E-state index in [4.69, 9.17) is 5.11 Å². The number of hydrogen-bond acceptors (Lipinski definition) is 4. The van der Waals surface area contributed by atoms with E-state index in [1.165, 1.54) is 0 Å². The molecular formula is C15H17NO4S. The van der Waals surface area contributed by atoms with Crippen molar-refractivity contribution in [3.8, 4) is 0 Å². The number of carboxylic acids is 1. The maximum Gasteiger partial charge on any atom is 0.327 e. The molecule has 1 saturated heterocycles. The van der Waals surface area contributed by atoms with Gasteiger partial charge in [0.05, 0.1) is 12.0 Å². The van der Waals surface area contributed by atoms with Crippen LogP contribution in [0.4, 0.5) is 0 Å². The maximum absolute atomic E-state index is 12.7. The predicted octanol–water partition coefficient (Wildman–Crippen LogP) is 1.56. The number of carbonyl (C=O) groups is 2. The third-order valence-corrected chi connectivity index (χ3v) is 5.42. The van der Waals surface area contributed by atoms with Gasteiger partial charge in [0.15, 0.2) is 0 Å². The first-order chi connectivity index (χ1) is 10.1. The highest BCUT2D eigenvalue weighted by Gasteiger charge is 2.48. The fraction of sp³-hybridized carbons (Fsp3) is 0.467. The van der Waals surface area contributed by atoms with Gasteiger partial charge in [-0.2, -0.15) is 0 Å². The second kappa shape index (κ2) is 5.69. The Balaban J connectivity index is 1.86. The molecule has 112 valence electrons. The first-order valence-corrected chi connectivity index (χ1v) is 8.03. The Morgan fingerprint density at radius 2 is 1.90 bits per heavy atom. The van der Waals surface area contributed by atoms with Gasteiger partial charge in [-0.25, -0.2) is 4.79 Å². The fourth-order valence-corrected chi connectivity index (χ4v) is 4.25. The van der Waals surface area contributed by atoms with E-state index in [0.717, 1.165) is 18.4 Å². The van der Waals surface area contributed by atoms with Gasteiger partial charge < -0.3 is 15.1 Å². The largest absolute Gasteiger partial charge is 0.480 e. The first-order valence-electron chi connectivity index (χ1n) is 6.98. The Hall–Kier alpha value is -1.53. The van der Waals surface area contributed by atoms with Crippen LogP contribution in [0, 0.1) is 5.92 Å². The number of amides is 1. The summed E-state index contributed by atoms with van der Waals surface area (Å²) in [5.74, 6) is -0.281. The average Bonchev–Trinajstić information content (AvgIpc) is 3.24. The summed E-state index contributed by atoms with van der Waals surface area (Å²) in [6.07, 6.45) is 2.13. The van der Waals surface area contributed by atoms with E-state index in [1.807, 2.05) is 0 Å². The van der Waals surface area contributed by atoms with E-state index in [2.05, 4.69) is 0 Å². The van der Waals surface area contributed by atoms with Crippen LogP contribution in [-0.4, -0.2) is 44.2 Å². The number of thioether (sulfide) groups is 1. The van der Waals surface area contributed by atoms with Crippen LogP contribution in [0.15, 0.2) is 24.3 Å². The number of carboxylic acid groups (broad SMARTS) is 1. The van der Waals surface area contributed by atoms with Crippen LogP contribution in [0.3, 0.4) is 0 Å². The number of rotatable bonds is 4. The van der Waals surface area contributed by atoms with E-state index in [-0.39, 0.29) is 17.9 Å². The molecule has 1 saturated carbocycles. The van der Waals surface area contributed by atoms with Crippen molar-refractivity contribution in [2.75, 3.05) is 5.75 Å². The van der Waals surface area contributed by atoms with Crippen LogP contribution in [0.2, 0.25) is 0 Å². The third kappa shape index (κ3) is 2.78. The summed E-state index contributed by atoms with van der Waals surface area (Å²) in [7, 11) is 0. The number of nitrogens with zero attached hydrogens (tertiary/aromatic N) is 1. The minimum atomic E-state index is -0.939. The van der Waals surface area contributed by atoms with Crippen molar-refractivity contribution >= 4 is 23.6 Å². The van der Waals surface area contributed by atoms with Gasteiger partial charge in [0.2, 0.25) is 0 Å². The normalized spacial score (nSPS) is 25.1. The summed E-state index contributed by atoms with van der Waals surface area (Å²) in [6, 6.07) is 5.95. The zero-order chi connectivity index (χ0) is 15.0. The number of benzene rings is 1. The Labute approximate surface area is 126 Å². The van der Waals surface area contributed by atoms with Gasteiger partial charge in [-0.3, -0.25) is 4.79 Å². The van der Waals surface area contributed by atoms with E-state index in [0.29, 0.717) is 17.2 Å². The highest BCUT2D eigenvalue weighted by Crippen LogP contribution is 2.45. The second-order valence-corrected chi connectivity index (χ2v) is 6.63. The number of hydrogen-bond donors (Lipinski definition) is 2. The molecule has 2 unspecified atom stereocenters. The molecule has 2 N–H and O–H groups in total. The lowest BCUT2D eigenvalue weighted by atomic mass is 10.1. The Bertz CT molecular complexity index is 555. The average molecular weight is 307 g/mol. The van der Waals surface area contributed by atoms with Gasteiger partial charge in [0.25, 0.3) is 5.91 Å². The highest BCUT2D eigenvalue weighted by molar-refractivity contribution is 8.00. The van der Waals surface area contributed by atoms with E-state index in [9.17, 15) is 14.7 Å². The van der Waals surface area contributed by atoms with Crippen molar-refractivity contribution in [1.29, 1.82) is 0 Å². The number of aliphatic carboxylic acids is 1. The lowest BCUT2D eigenvalue weighted by Gasteiger charge is -2.27. The number of carbonyl (C=O) groups excluding carboxylic acids is 1. The molecule has 0 aromatic heterocycles. The molecule has 2 aliphatic rings. The van der Waals surface area contributed by atoms with Gasteiger partial charge in [0, 0.05) is 11.3 Å². The molecular weight excluding hydrogens is 290 g/mol. The maximum atomic E-state index is 12.7. The molecule has 1 aliphatic carbocycles. The minimum absolute atomic E-state index is 0.0175. The summed E-state index contributed by atoms with van der Waals surface area (Å²) in [5.41, 5.74) is 1.21. The lowest BCUT2D eigenvalue weighted by Crippen LogP contribution is -2.46. The van der Waals surface area contributed by atoms with Crippen molar-refractivity contribution in [1.82, 2.24) is 4.90 Å². The van der Waals surface area contributed by atoms with Crippen LogP contribution in [0.25, 0.3) is 0 Å². The molecule has 1 heterocycles. The zero-order valence-electron chi connectivity index (χ0n) is 11.4. The van der Waals surface area contributed by atoms with E-state index >= 15 is 0 Å². The fourth-order valence-electron chi connectivity index (χ4n) is 2.62. The van der Waals surface area contributed by atoms with Gasteiger partial charge >= 0.3 is 5.97 Å².